The van der Waals surface area contributed by atoms with Gasteiger partial charge in [0, 0.05) is 16.5 Å². The fourth-order valence-electron chi connectivity index (χ4n) is 4.79. The summed E-state index contributed by atoms with van der Waals surface area (Å²) >= 11 is 0. The second kappa shape index (κ2) is 12.4. The number of carbonyl (C=O) groups excluding carboxylic acids is 1. The van der Waals surface area contributed by atoms with Crippen LogP contribution in [0.2, 0.25) is 0 Å². The molecule has 0 saturated heterocycles. The van der Waals surface area contributed by atoms with Gasteiger partial charge in [-0.15, -0.1) is 13.2 Å². The van der Waals surface area contributed by atoms with E-state index in [9.17, 15) is 26.4 Å². The lowest BCUT2D eigenvalue weighted by Gasteiger charge is -2.27. The number of pyridine rings is 1. The van der Waals surface area contributed by atoms with Crippen LogP contribution in [-0.2, 0) is 21.3 Å². The van der Waals surface area contributed by atoms with Crippen LogP contribution in [0.3, 0.4) is 0 Å². The monoisotopic (exact) mass is 620 g/mol. The van der Waals surface area contributed by atoms with E-state index in [1.807, 2.05) is 54.6 Å². The van der Waals surface area contributed by atoms with Gasteiger partial charge in [0.05, 0.1) is 29.3 Å². The molecule has 0 bridgehead atoms. The lowest BCUT2D eigenvalue weighted by Crippen LogP contribution is -2.32. The molecule has 5 aromatic rings. The smallest absolute Gasteiger partial charge is 0.462 e. The zero-order chi connectivity index (χ0) is 31.5. The van der Waals surface area contributed by atoms with Crippen molar-refractivity contribution in [3.05, 3.63) is 120 Å². The Morgan fingerprint density at radius 2 is 1.45 bits per heavy atom. The molecule has 5 rings (SSSR count). The molecular weight excluding hydrogens is 593 g/mol. The number of carbonyl (C=O) groups is 1. The minimum atomic E-state index is -4.87. The first-order chi connectivity index (χ1) is 21.0. The predicted molar refractivity (Wildman–Crippen MR) is 161 cm³/mol. The number of anilines is 1. The van der Waals surface area contributed by atoms with Gasteiger partial charge in [0.25, 0.3) is 10.0 Å². The molecule has 0 aliphatic carbocycles. The Bertz CT molecular complexity index is 1900. The molecule has 0 unspecified atom stereocenters. The third-order valence-corrected chi connectivity index (χ3v) is 8.61. The number of ether oxygens (including phenoxy) is 2. The molecule has 0 atom stereocenters. The summed E-state index contributed by atoms with van der Waals surface area (Å²) in [6, 6.07) is 27.2. The number of fused-ring (bicyclic) bond motifs is 1. The minimum absolute atomic E-state index is 0.113. The number of aromatic nitrogens is 1. The van der Waals surface area contributed by atoms with Crippen molar-refractivity contribution in [3.8, 4) is 17.0 Å². The average Bonchev–Trinajstić information content (AvgIpc) is 3.01. The van der Waals surface area contributed by atoms with Crippen molar-refractivity contribution >= 4 is 32.6 Å². The van der Waals surface area contributed by atoms with E-state index in [1.54, 1.807) is 13.8 Å². The first-order valence-corrected chi connectivity index (χ1v) is 15.0. The third kappa shape index (κ3) is 6.52. The van der Waals surface area contributed by atoms with Gasteiger partial charge in [-0.05, 0) is 61.2 Å². The van der Waals surface area contributed by atoms with E-state index in [0.29, 0.717) is 16.8 Å². The third-order valence-electron chi connectivity index (χ3n) is 6.86. The van der Waals surface area contributed by atoms with Gasteiger partial charge in [0.1, 0.15) is 11.6 Å². The number of benzene rings is 4. The van der Waals surface area contributed by atoms with Crippen molar-refractivity contribution in [1.82, 2.24) is 4.98 Å². The summed E-state index contributed by atoms with van der Waals surface area (Å²) in [5.41, 5.74) is 2.50. The molecule has 0 aliphatic heterocycles. The summed E-state index contributed by atoms with van der Waals surface area (Å²) in [5, 5.41) is 1.60. The summed E-state index contributed by atoms with van der Waals surface area (Å²) < 4.78 is 77.0. The quantitative estimate of drug-likeness (QED) is 0.157. The Labute approximate surface area is 252 Å². The maximum absolute atomic E-state index is 14.3. The van der Waals surface area contributed by atoms with Gasteiger partial charge >= 0.3 is 12.3 Å². The predicted octanol–water partition coefficient (Wildman–Crippen LogP) is 7.68. The van der Waals surface area contributed by atoms with Gasteiger partial charge in [-0.25, -0.2) is 22.5 Å². The molecule has 226 valence electrons. The Balaban J connectivity index is 1.67. The first-order valence-electron chi connectivity index (χ1n) is 13.6. The number of rotatable bonds is 9. The average molecular weight is 621 g/mol. The van der Waals surface area contributed by atoms with Gasteiger partial charge in [0.2, 0.25) is 0 Å². The Morgan fingerprint density at radius 1 is 0.841 bits per heavy atom. The molecule has 0 aliphatic rings. The van der Waals surface area contributed by atoms with Crippen LogP contribution in [0.25, 0.3) is 22.0 Å². The van der Waals surface area contributed by atoms with E-state index < -0.39 is 28.1 Å². The molecular formula is C33H27F3N2O5S. The van der Waals surface area contributed by atoms with Crippen LogP contribution in [0, 0.1) is 6.92 Å². The summed E-state index contributed by atoms with van der Waals surface area (Å²) in [6.07, 6.45) is -4.87. The first kappa shape index (κ1) is 30.6. The van der Waals surface area contributed by atoms with Gasteiger partial charge in [-0.2, -0.15) is 0 Å². The van der Waals surface area contributed by atoms with Crippen LogP contribution in [0.5, 0.6) is 5.75 Å². The van der Waals surface area contributed by atoms with E-state index in [4.69, 9.17) is 9.72 Å². The highest BCUT2D eigenvalue weighted by atomic mass is 32.2. The molecule has 1 aromatic heterocycles. The fourth-order valence-corrected chi connectivity index (χ4v) is 6.25. The molecule has 0 fully saturated rings. The number of alkyl halides is 3. The number of halogens is 3. The number of hydrogen-bond acceptors (Lipinski definition) is 6. The van der Waals surface area contributed by atoms with Crippen molar-refractivity contribution in [2.24, 2.45) is 0 Å². The van der Waals surface area contributed by atoms with E-state index in [2.05, 4.69) is 4.74 Å². The maximum Gasteiger partial charge on any atom is 0.573 e. The largest absolute Gasteiger partial charge is 0.573 e. The molecule has 0 N–H and O–H groups in total. The molecule has 44 heavy (non-hydrogen) atoms. The highest BCUT2D eigenvalue weighted by Crippen LogP contribution is 2.37. The van der Waals surface area contributed by atoms with Crippen LogP contribution >= 0.6 is 0 Å². The molecule has 11 heteroatoms. The number of hydrogen-bond donors (Lipinski definition) is 0. The molecule has 0 spiro atoms. The van der Waals surface area contributed by atoms with E-state index in [1.165, 1.54) is 36.4 Å². The number of aryl methyl sites for hydroxylation is 1. The zero-order valence-corrected chi connectivity index (χ0v) is 24.5. The zero-order valence-electron chi connectivity index (χ0n) is 23.7. The molecule has 0 amide bonds. The van der Waals surface area contributed by atoms with Crippen molar-refractivity contribution in [1.29, 1.82) is 0 Å². The van der Waals surface area contributed by atoms with Crippen LogP contribution in [-0.4, -0.2) is 32.3 Å². The van der Waals surface area contributed by atoms with Crippen molar-refractivity contribution in [2.45, 2.75) is 31.7 Å². The normalized spacial score (nSPS) is 11.8. The number of nitrogens with zero attached hydrogens (tertiary/aromatic N) is 2. The van der Waals surface area contributed by atoms with Crippen molar-refractivity contribution in [2.75, 3.05) is 10.9 Å². The van der Waals surface area contributed by atoms with Crippen molar-refractivity contribution in [3.63, 3.8) is 0 Å². The van der Waals surface area contributed by atoms with E-state index >= 15 is 0 Å². The number of esters is 1. The van der Waals surface area contributed by atoms with Crippen molar-refractivity contribution < 1.29 is 35.9 Å². The molecule has 4 aromatic carbocycles. The summed E-state index contributed by atoms with van der Waals surface area (Å²) in [7, 11) is -4.33. The SMILES string of the molecule is CCOC(=O)c1ccc(S(=O)(=O)N(Cc2ccc(OC(F)(F)F)cc2)c2nc(-c3ccccc3)c3ccccc3c2C)cc1. The van der Waals surface area contributed by atoms with Crippen LogP contribution in [0.4, 0.5) is 19.0 Å². The van der Waals surface area contributed by atoms with Crippen LogP contribution in [0.15, 0.2) is 108 Å². The summed E-state index contributed by atoms with van der Waals surface area (Å²) in [4.78, 5) is 17.0. The lowest BCUT2D eigenvalue weighted by molar-refractivity contribution is -0.274. The highest BCUT2D eigenvalue weighted by molar-refractivity contribution is 7.92. The summed E-state index contributed by atoms with van der Waals surface area (Å²) in [6.45, 7) is 3.34. The fraction of sp³-hybridized carbons (Fsp3) is 0.152. The maximum atomic E-state index is 14.3. The molecule has 0 radical (unpaired) electrons. The Morgan fingerprint density at radius 3 is 2.07 bits per heavy atom. The summed E-state index contributed by atoms with van der Waals surface area (Å²) in [5.74, 6) is -0.877. The minimum Gasteiger partial charge on any atom is -0.462 e. The molecule has 1 heterocycles. The van der Waals surface area contributed by atoms with Gasteiger partial charge in [-0.1, -0.05) is 66.7 Å². The number of sulfonamides is 1. The second-order valence-corrected chi connectivity index (χ2v) is 11.6. The second-order valence-electron chi connectivity index (χ2n) is 9.77. The van der Waals surface area contributed by atoms with E-state index in [0.717, 1.165) is 32.8 Å². The van der Waals surface area contributed by atoms with E-state index in [-0.39, 0.29) is 29.4 Å². The van der Waals surface area contributed by atoms with Crippen LogP contribution < -0.4 is 9.04 Å². The van der Waals surface area contributed by atoms with Crippen LogP contribution in [0.1, 0.15) is 28.4 Å². The lowest BCUT2D eigenvalue weighted by atomic mass is 10.0. The Kier molecular flexibility index (Phi) is 8.59. The molecule has 7 nitrogen and oxygen atoms in total. The molecule has 0 saturated carbocycles. The standard InChI is InChI=1S/C33H27F3N2O5S/c1-3-42-32(39)25-15-19-27(20-16-25)44(40,41)38(21-23-13-17-26(18-14-23)43-33(34,35)36)31-22(2)28-11-7-8-12-29(28)30(37-31)24-9-5-4-6-10-24/h4-20H,3,21H2,1-2H3. The highest BCUT2D eigenvalue weighted by Gasteiger charge is 2.32. The van der Waals surface area contributed by atoms with Gasteiger partial charge in [0.15, 0.2) is 0 Å². The van der Waals surface area contributed by atoms with Gasteiger partial charge in [-0.3, -0.25) is 0 Å². The Hall–Kier alpha value is -4.90. The topological polar surface area (TPSA) is 85.8 Å². The van der Waals surface area contributed by atoms with Gasteiger partial charge < -0.3 is 9.47 Å².